The van der Waals surface area contributed by atoms with Gasteiger partial charge in [0.2, 0.25) is 5.91 Å². The predicted molar refractivity (Wildman–Crippen MR) is 107 cm³/mol. The first-order valence-electron chi connectivity index (χ1n) is 9.17. The summed E-state index contributed by atoms with van der Waals surface area (Å²) in [7, 11) is 0. The summed E-state index contributed by atoms with van der Waals surface area (Å²) in [5, 5.41) is 5.53. The van der Waals surface area contributed by atoms with Crippen molar-refractivity contribution in [2.24, 2.45) is 5.92 Å². The van der Waals surface area contributed by atoms with Crippen LogP contribution in [0, 0.1) is 5.92 Å². The number of nitrogens with one attached hydrogen (secondary N) is 2. The first-order valence-corrected chi connectivity index (χ1v) is 9.98. The lowest BCUT2D eigenvalue weighted by Crippen LogP contribution is -2.62. The number of benzene rings is 1. The molecule has 0 radical (unpaired) electrons. The summed E-state index contributed by atoms with van der Waals surface area (Å²) in [6, 6.07) is 8.65. The maximum atomic E-state index is 12.3. The zero-order valence-electron chi connectivity index (χ0n) is 16.4. The number of nitrogens with zero attached hydrogens (tertiary/aromatic N) is 1. The molecule has 2 atom stereocenters. The van der Waals surface area contributed by atoms with E-state index in [1.54, 1.807) is 27.0 Å². The molecule has 0 bridgehead atoms. The molecule has 0 saturated carbocycles. The van der Waals surface area contributed by atoms with Gasteiger partial charge in [0, 0.05) is 11.1 Å². The van der Waals surface area contributed by atoms with Gasteiger partial charge in [-0.05, 0) is 32.8 Å². The van der Waals surface area contributed by atoms with Gasteiger partial charge in [0.1, 0.15) is 18.2 Å². The van der Waals surface area contributed by atoms with Crippen molar-refractivity contribution in [3.63, 3.8) is 0 Å². The number of amides is 2. The van der Waals surface area contributed by atoms with E-state index in [-0.39, 0.29) is 12.5 Å². The van der Waals surface area contributed by atoms with Crippen molar-refractivity contribution in [2.75, 3.05) is 5.32 Å². The number of hydrogen-bond acceptors (Lipinski definition) is 7. The fourth-order valence-corrected chi connectivity index (χ4v) is 3.59. The second kappa shape index (κ2) is 8.60. The normalized spacial score (nSPS) is 18.4. The molecule has 1 fully saturated rings. The third kappa shape index (κ3) is 5.77. The second-order valence-corrected chi connectivity index (χ2v) is 8.76. The van der Waals surface area contributed by atoms with Crippen molar-refractivity contribution in [3.8, 4) is 0 Å². The van der Waals surface area contributed by atoms with Crippen LogP contribution in [0.2, 0.25) is 0 Å². The van der Waals surface area contributed by atoms with Crippen molar-refractivity contribution in [2.45, 2.75) is 45.4 Å². The number of ether oxygens (including phenoxy) is 2. The quantitative estimate of drug-likeness (QED) is 0.553. The van der Waals surface area contributed by atoms with Crippen molar-refractivity contribution in [1.29, 1.82) is 0 Å². The number of rotatable bonds is 6. The minimum absolute atomic E-state index is 0.156. The maximum absolute atomic E-state index is 12.3. The van der Waals surface area contributed by atoms with E-state index in [1.807, 2.05) is 30.3 Å². The minimum atomic E-state index is -0.685. The Balaban J connectivity index is 1.52. The molecule has 2 heterocycles. The Hall–Kier alpha value is -2.94. The Morgan fingerprint density at radius 1 is 1.24 bits per heavy atom. The van der Waals surface area contributed by atoms with E-state index in [0.29, 0.717) is 11.6 Å². The molecule has 8 nitrogen and oxygen atoms in total. The molecule has 1 aliphatic heterocycles. The molecule has 2 aromatic rings. The molecule has 1 aromatic carbocycles. The summed E-state index contributed by atoms with van der Waals surface area (Å²) < 4.78 is 10.5. The Bertz CT molecular complexity index is 891. The Morgan fingerprint density at radius 2 is 1.97 bits per heavy atom. The predicted octanol–water partition coefficient (Wildman–Crippen LogP) is 2.89. The number of aromatic nitrogens is 1. The molecule has 2 N–H and O–H groups in total. The van der Waals surface area contributed by atoms with E-state index in [2.05, 4.69) is 15.6 Å². The highest BCUT2D eigenvalue weighted by molar-refractivity contribution is 7.15. The van der Waals surface area contributed by atoms with Crippen molar-refractivity contribution in [3.05, 3.63) is 47.0 Å². The van der Waals surface area contributed by atoms with Gasteiger partial charge in [0.15, 0.2) is 5.13 Å². The smallest absolute Gasteiger partial charge is 0.413 e. The largest absolute Gasteiger partial charge is 0.459 e. The van der Waals surface area contributed by atoms with Crippen molar-refractivity contribution in [1.82, 2.24) is 10.3 Å². The van der Waals surface area contributed by atoms with Crippen LogP contribution in [-0.2, 0) is 32.1 Å². The fraction of sp³-hybridized carbons (Fsp3) is 0.400. The minimum Gasteiger partial charge on any atom is -0.459 e. The highest BCUT2D eigenvalue weighted by atomic mass is 32.1. The third-order valence-electron chi connectivity index (χ3n) is 4.10. The van der Waals surface area contributed by atoms with Crippen LogP contribution >= 0.6 is 11.3 Å². The van der Waals surface area contributed by atoms with Crippen LogP contribution in [0.5, 0.6) is 0 Å². The van der Waals surface area contributed by atoms with Gasteiger partial charge in [-0.15, -0.1) is 11.3 Å². The van der Waals surface area contributed by atoms with Crippen LogP contribution in [0.3, 0.4) is 0 Å². The lowest BCUT2D eigenvalue weighted by atomic mass is 9.87. The van der Waals surface area contributed by atoms with Crippen LogP contribution < -0.4 is 10.6 Å². The van der Waals surface area contributed by atoms with Gasteiger partial charge in [-0.3, -0.25) is 10.1 Å². The van der Waals surface area contributed by atoms with Crippen molar-refractivity contribution < 1.29 is 23.9 Å². The number of carbonyl (C=O) groups is 3. The van der Waals surface area contributed by atoms with Gasteiger partial charge < -0.3 is 14.8 Å². The van der Waals surface area contributed by atoms with Gasteiger partial charge in [0.25, 0.3) is 0 Å². The molecule has 2 unspecified atom stereocenters. The van der Waals surface area contributed by atoms with E-state index in [4.69, 9.17) is 9.47 Å². The highest BCUT2D eigenvalue weighted by Gasteiger charge is 2.45. The van der Waals surface area contributed by atoms with Gasteiger partial charge in [-0.2, -0.15) is 0 Å². The Kier molecular flexibility index (Phi) is 6.17. The van der Waals surface area contributed by atoms with E-state index >= 15 is 0 Å². The van der Waals surface area contributed by atoms with Crippen LogP contribution in [-0.4, -0.2) is 34.6 Å². The zero-order chi connectivity index (χ0) is 21.0. The van der Waals surface area contributed by atoms with Gasteiger partial charge >= 0.3 is 12.1 Å². The van der Waals surface area contributed by atoms with Crippen LogP contribution in [0.4, 0.5) is 9.93 Å². The first kappa shape index (κ1) is 20.8. The molecule has 0 aliphatic carbocycles. The van der Waals surface area contributed by atoms with Gasteiger partial charge in [-0.1, -0.05) is 30.3 Å². The van der Waals surface area contributed by atoms with Gasteiger partial charge in [-0.25, -0.2) is 14.6 Å². The molecule has 3 rings (SSSR count). The summed E-state index contributed by atoms with van der Waals surface area (Å²) >= 11 is 1.24. The number of thiazole rings is 1. The standard InChI is InChI=1S/C20H23N3O5S/c1-20(2,3)28-19(26)23-18-21-10-13(29-18)9-14-15(22-16(14)24)17(25)27-11-12-7-5-4-6-8-12/h4-8,10,14-15H,9,11H2,1-3H3,(H,22,24)(H,21,23,26). The molecule has 1 aromatic heterocycles. The average Bonchev–Trinajstić information content (AvgIpc) is 3.08. The molecule has 29 heavy (non-hydrogen) atoms. The number of β-lactam (4-membered cyclic amide) rings is 1. The third-order valence-corrected chi connectivity index (χ3v) is 5.03. The van der Waals surface area contributed by atoms with E-state index < -0.39 is 29.6 Å². The van der Waals surface area contributed by atoms with E-state index in [1.165, 1.54) is 11.3 Å². The van der Waals surface area contributed by atoms with Crippen LogP contribution in [0.25, 0.3) is 0 Å². The maximum Gasteiger partial charge on any atom is 0.413 e. The SMILES string of the molecule is CC(C)(C)OC(=O)Nc1ncc(CC2C(=O)NC2C(=O)OCc2ccccc2)s1. The molecule has 0 spiro atoms. The summed E-state index contributed by atoms with van der Waals surface area (Å²) in [5.74, 6) is -1.19. The summed E-state index contributed by atoms with van der Waals surface area (Å²) in [6.07, 6.45) is 1.32. The molecule has 154 valence electrons. The molecular weight excluding hydrogens is 394 g/mol. The monoisotopic (exact) mass is 417 g/mol. The van der Waals surface area contributed by atoms with E-state index in [9.17, 15) is 14.4 Å². The number of anilines is 1. The average molecular weight is 417 g/mol. The zero-order valence-corrected chi connectivity index (χ0v) is 17.2. The molecule has 2 amide bonds. The van der Waals surface area contributed by atoms with Gasteiger partial charge in [0.05, 0.1) is 5.92 Å². The lowest BCUT2D eigenvalue weighted by molar-refractivity contribution is -0.158. The fourth-order valence-electron chi connectivity index (χ4n) is 2.74. The Labute approximate surface area is 172 Å². The van der Waals surface area contributed by atoms with E-state index in [0.717, 1.165) is 10.4 Å². The number of hydrogen-bond donors (Lipinski definition) is 2. The topological polar surface area (TPSA) is 107 Å². The lowest BCUT2D eigenvalue weighted by Gasteiger charge is -2.34. The summed E-state index contributed by atoms with van der Waals surface area (Å²) in [4.78, 5) is 41.0. The number of carbonyl (C=O) groups excluding carboxylic acids is 3. The highest BCUT2D eigenvalue weighted by Crippen LogP contribution is 2.27. The van der Waals surface area contributed by atoms with Crippen molar-refractivity contribution >= 4 is 34.4 Å². The Morgan fingerprint density at radius 3 is 2.62 bits per heavy atom. The van der Waals surface area contributed by atoms with Crippen LogP contribution in [0.1, 0.15) is 31.2 Å². The summed E-state index contributed by atoms with van der Waals surface area (Å²) in [5.41, 5.74) is 0.269. The first-order chi connectivity index (χ1) is 13.7. The van der Waals surface area contributed by atoms with Crippen LogP contribution in [0.15, 0.2) is 36.5 Å². The summed E-state index contributed by atoms with van der Waals surface area (Å²) in [6.45, 7) is 5.47. The second-order valence-electron chi connectivity index (χ2n) is 7.65. The molecule has 1 aliphatic rings. The molecular formula is C20H23N3O5S. The number of esters is 1. The molecule has 9 heteroatoms. The molecule has 1 saturated heterocycles.